The minimum absolute atomic E-state index is 0.0828. The summed E-state index contributed by atoms with van der Waals surface area (Å²) in [6.45, 7) is 8.08. The first-order valence-corrected chi connectivity index (χ1v) is 7.02. The topological polar surface area (TPSA) is 50.4 Å². The van der Waals surface area contributed by atoms with Gasteiger partial charge in [0.15, 0.2) is 0 Å². The van der Waals surface area contributed by atoms with Crippen molar-refractivity contribution in [1.82, 2.24) is 10.6 Å². The van der Waals surface area contributed by atoms with Crippen molar-refractivity contribution in [2.75, 3.05) is 13.1 Å². The lowest BCUT2D eigenvalue weighted by atomic mass is 9.37. The van der Waals surface area contributed by atoms with Crippen LogP contribution in [0.1, 0.15) is 46.5 Å². The minimum atomic E-state index is -0.400. The number of rotatable bonds is 3. The quantitative estimate of drug-likeness (QED) is 0.808. The molecule has 0 aromatic carbocycles. The van der Waals surface area contributed by atoms with E-state index in [-0.39, 0.29) is 11.6 Å². The molecule has 0 spiro atoms. The first-order chi connectivity index (χ1) is 8.30. The van der Waals surface area contributed by atoms with Crippen molar-refractivity contribution in [2.45, 2.75) is 57.6 Å². The second-order valence-electron chi connectivity index (χ2n) is 7.67. The number of ether oxygens (including phenoxy) is 1. The molecule has 3 aliphatic carbocycles. The van der Waals surface area contributed by atoms with E-state index >= 15 is 0 Å². The van der Waals surface area contributed by atoms with Crippen LogP contribution in [0.2, 0.25) is 0 Å². The summed E-state index contributed by atoms with van der Waals surface area (Å²) in [7, 11) is 0. The van der Waals surface area contributed by atoms with E-state index in [1.807, 2.05) is 20.8 Å². The summed E-state index contributed by atoms with van der Waals surface area (Å²) in [5.41, 5.74) is 0.240. The number of hydrogen-bond acceptors (Lipinski definition) is 3. The van der Waals surface area contributed by atoms with Gasteiger partial charge in [-0.3, -0.25) is 0 Å². The van der Waals surface area contributed by atoms with Gasteiger partial charge in [0.1, 0.15) is 5.60 Å². The molecule has 2 N–H and O–H groups in total. The van der Waals surface area contributed by atoms with Crippen molar-refractivity contribution in [2.24, 2.45) is 11.3 Å². The maximum absolute atomic E-state index is 11.7. The van der Waals surface area contributed by atoms with Crippen LogP contribution in [-0.4, -0.2) is 30.3 Å². The lowest BCUT2D eigenvalue weighted by molar-refractivity contribution is -0.166. The number of amides is 1. The van der Waals surface area contributed by atoms with Gasteiger partial charge in [-0.25, -0.2) is 4.79 Å². The van der Waals surface area contributed by atoms with Gasteiger partial charge in [-0.15, -0.1) is 0 Å². The Hall–Kier alpha value is -0.770. The predicted octanol–water partition coefficient (Wildman–Crippen LogP) is 2.04. The maximum atomic E-state index is 11.7. The fourth-order valence-electron chi connectivity index (χ4n) is 3.97. The second-order valence-corrected chi connectivity index (χ2v) is 7.67. The fraction of sp³-hybridized carbons (Fsp3) is 0.929. The monoisotopic (exact) mass is 252 g/mol. The standard InChI is InChI=1S/C14H24N2O2/c1-12(2,3)18-11(17)16-14-7-13(8-14,9-14)4-10-5-15-6-10/h10,15H,4-9H2,1-3H3,(H,16,17). The van der Waals surface area contributed by atoms with Crippen LogP contribution in [0.3, 0.4) is 0 Å². The first-order valence-electron chi connectivity index (χ1n) is 7.02. The highest BCUT2D eigenvalue weighted by Gasteiger charge is 2.68. The van der Waals surface area contributed by atoms with Gasteiger partial charge < -0.3 is 15.4 Å². The van der Waals surface area contributed by atoms with Gasteiger partial charge in [0.2, 0.25) is 0 Å². The molecule has 0 unspecified atom stereocenters. The van der Waals surface area contributed by atoms with E-state index in [2.05, 4.69) is 10.6 Å². The molecule has 1 heterocycles. The fourth-order valence-corrected chi connectivity index (χ4v) is 3.97. The number of carbonyl (C=O) groups excluding carboxylic acids is 1. The van der Waals surface area contributed by atoms with E-state index in [4.69, 9.17) is 4.74 Å². The van der Waals surface area contributed by atoms with Crippen LogP contribution in [0.4, 0.5) is 4.79 Å². The Morgan fingerprint density at radius 2 is 1.94 bits per heavy atom. The maximum Gasteiger partial charge on any atom is 0.408 e. The lowest BCUT2D eigenvalue weighted by Gasteiger charge is -2.71. The molecule has 4 nitrogen and oxygen atoms in total. The number of alkyl carbamates (subject to hydrolysis) is 1. The van der Waals surface area contributed by atoms with Crippen LogP contribution in [0.15, 0.2) is 0 Å². The molecule has 1 saturated heterocycles. The molecule has 18 heavy (non-hydrogen) atoms. The van der Waals surface area contributed by atoms with Crippen molar-refractivity contribution >= 4 is 6.09 Å². The Balaban J connectivity index is 1.43. The Morgan fingerprint density at radius 3 is 2.39 bits per heavy atom. The number of hydrogen-bond donors (Lipinski definition) is 2. The van der Waals surface area contributed by atoms with Gasteiger partial charge in [0.25, 0.3) is 0 Å². The molecule has 0 radical (unpaired) electrons. The van der Waals surface area contributed by atoms with E-state index in [0.29, 0.717) is 5.41 Å². The molecule has 4 heteroatoms. The van der Waals surface area contributed by atoms with Gasteiger partial charge >= 0.3 is 6.09 Å². The molecule has 4 fully saturated rings. The van der Waals surface area contributed by atoms with Gasteiger partial charge in [0.05, 0.1) is 0 Å². The van der Waals surface area contributed by atoms with Crippen LogP contribution >= 0.6 is 0 Å². The highest BCUT2D eigenvalue weighted by molar-refractivity contribution is 5.69. The molecule has 0 aromatic heterocycles. The molecule has 2 bridgehead atoms. The summed E-state index contributed by atoms with van der Waals surface area (Å²) in [4.78, 5) is 11.7. The van der Waals surface area contributed by atoms with Gasteiger partial charge in [-0.1, -0.05) is 0 Å². The third kappa shape index (κ3) is 2.11. The second kappa shape index (κ2) is 3.62. The number of nitrogens with one attached hydrogen (secondary N) is 2. The molecule has 3 saturated carbocycles. The summed E-state index contributed by atoms with van der Waals surface area (Å²) in [5, 5.41) is 6.40. The third-order valence-electron chi connectivity index (χ3n) is 4.49. The lowest BCUT2D eigenvalue weighted by Crippen LogP contribution is -2.75. The smallest absolute Gasteiger partial charge is 0.408 e. The van der Waals surface area contributed by atoms with Crippen LogP contribution < -0.4 is 10.6 Å². The minimum Gasteiger partial charge on any atom is -0.444 e. The molecule has 1 aliphatic heterocycles. The Bertz CT molecular complexity index is 349. The molecule has 0 aromatic rings. The highest BCUT2D eigenvalue weighted by Crippen LogP contribution is 2.69. The molecule has 4 aliphatic rings. The average molecular weight is 252 g/mol. The molecule has 102 valence electrons. The van der Waals surface area contributed by atoms with E-state index in [0.717, 1.165) is 25.2 Å². The predicted molar refractivity (Wildman–Crippen MR) is 69.4 cm³/mol. The molecule has 1 amide bonds. The van der Waals surface area contributed by atoms with E-state index in [1.54, 1.807) is 0 Å². The van der Waals surface area contributed by atoms with Crippen molar-refractivity contribution in [3.05, 3.63) is 0 Å². The zero-order valence-electron chi connectivity index (χ0n) is 11.6. The largest absolute Gasteiger partial charge is 0.444 e. The van der Waals surface area contributed by atoms with Crippen LogP contribution in [0.25, 0.3) is 0 Å². The van der Waals surface area contributed by atoms with Gasteiger partial charge in [0, 0.05) is 5.54 Å². The Morgan fingerprint density at radius 1 is 1.33 bits per heavy atom. The van der Waals surface area contributed by atoms with Crippen LogP contribution in [0, 0.1) is 11.3 Å². The van der Waals surface area contributed by atoms with Crippen molar-refractivity contribution in [3.63, 3.8) is 0 Å². The molecular weight excluding hydrogens is 228 g/mol. The summed E-state index contributed by atoms with van der Waals surface area (Å²) < 4.78 is 5.32. The summed E-state index contributed by atoms with van der Waals surface area (Å²) in [6, 6.07) is 0. The zero-order valence-corrected chi connectivity index (χ0v) is 11.6. The van der Waals surface area contributed by atoms with Gasteiger partial charge in [-0.2, -0.15) is 0 Å². The van der Waals surface area contributed by atoms with Crippen molar-refractivity contribution in [3.8, 4) is 0 Å². The molecule has 0 atom stereocenters. The SMILES string of the molecule is CC(C)(C)OC(=O)NC12CC(CC3CNC3)(C1)C2. The summed E-state index contributed by atoms with van der Waals surface area (Å²) >= 11 is 0. The van der Waals surface area contributed by atoms with E-state index in [9.17, 15) is 4.79 Å². The highest BCUT2D eigenvalue weighted by atomic mass is 16.6. The first kappa shape index (κ1) is 12.3. The van der Waals surface area contributed by atoms with Gasteiger partial charge in [-0.05, 0) is 70.9 Å². The number of carbonyl (C=O) groups is 1. The normalized spacial score (nSPS) is 38.2. The Kier molecular flexibility index (Phi) is 2.47. The Labute approximate surface area is 109 Å². The van der Waals surface area contributed by atoms with Crippen molar-refractivity contribution in [1.29, 1.82) is 0 Å². The molecule has 4 rings (SSSR count). The van der Waals surface area contributed by atoms with E-state index < -0.39 is 5.60 Å². The van der Waals surface area contributed by atoms with Crippen LogP contribution in [0.5, 0.6) is 0 Å². The van der Waals surface area contributed by atoms with Crippen LogP contribution in [-0.2, 0) is 4.74 Å². The zero-order chi connectivity index (χ0) is 13.0. The summed E-state index contributed by atoms with van der Waals surface area (Å²) in [5.74, 6) is 0.879. The third-order valence-corrected chi connectivity index (χ3v) is 4.49. The molecular formula is C14H24N2O2. The van der Waals surface area contributed by atoms with E-state index in [1.165, 1.54) is 19.5 Å². The average Bonchev–Trinajstić information content (AvgIpc) is 1.99. The summed E-state index contributed by atoms with van der Waals surface area (Å²) in [6.07, 6.45) is 4.58. The van der Waals surface area contributed by atoms with Crippen molar-refractivity contribution < 1.29 is 9.53 Å².